The Morgan fingerprint density at radius 2 is 1.64 bits per heavy atom. The highest BCUT2D eigenvalue weighted by atomic mass is 32.2. The number of hydrogen-bond acceptors (Lipinski definition) is 5. The number of carbonyl (C=O) groups excluding carboxylic acids is 1. The normalized spacial score (nSPS) is 20.3. The van der Waals surface area contributed by atoms with Crippen LogP contribution in [0.1, 0.15) is 30.4 Å². The number of amides is 1. The summed E-state index contributed by atoms with van der Waals surface area (Å²) >= 11 is 0. The molecular weight excluding hydrogens is 436 g/mol. The van der Waals surface area contributed by atoms with Crippen LogP contribution in [-0.4, -0.2) is 73.7 Å². The monoisotopic (exact) mass is 466 g/mol. The molecule has 1 unspecified atom stereocenters. The molecule has 7 nitrogen and oxygen atoms in total. The Labute approximate surface area is 196 Å². The number of likely N-dealkylation sites (tertiary alicyclic amines) is 1. The maximum atomic E-state index is 13.1. The van der Waals surface area contributed by atoms with E-state index >= 15 is 0 Å². The van der Waals surface area contributed by atoms with Crippen molar-refractivity contribution in [1.82, 2.24) is 14.1 Å². The Morgan fingerprint density at radius 3 is 2.36 bits per heavy atom. The standard InChI is InChI=1S/C25H30N4O3S/c26-19-22-10-4-5-12-24(22)33(31,32)29-16-14-27(15-17-29)25(30)20-28-13-7-6-11-23(28)18-21-8-2-1-3-9-21/h1-5,8-10,12,23H,6-7,11,13-18,20H2. The van der Waals surface area contributed by atoms with Crippen LogP contribution in [0.2, 0.25) is 0 Å². The van der Waals surface area contributed by atoms with E-state index in [1.807, 2.05) is 12.1 Å². The zero-order valence-corrected chi connectivity index (χ0v) is 19.6. The quantitative estimate of drug-likeness (QED) is 0.653. The number of piperidine rings is 1. The van der Waals surface area contributed by atoms with Crippen molar-refractivity contribution in [3.8, 4) is 6.07 Å². The SMILES string of the molecule is N#Cc1ccccc1S(=O)(=O)N1CCN(C(=O)CN2CCCCC2Cc2ccccc2)CC1. The fourth-order valence-electron chi connectivity index (χ4n) is 4.76. The van der Waals surface area contributed by atoms with Crippen LogP contribution in [0.15, 0.2) is 59.5 Å². The largest absolute Gasteiger partial charge is 0.339 e. The van der Waals surface area contributed by atoms with Crippen LogP contribution in [0.25, 0.3) is 0 Å². The van der Waals surface area contributed by atoms with Crippen molar-refractivity contribution >= 4 is 15.9 Å². The van der Waals surface area contributed by atoms with Crippen LogP contribution in [0.3, 0.4) is 0 Å². The number of carbonyl (C=O) groups is 1. The number of rotatable bonds is 6. The van der Waals surface area contributed by atoms with Gasteiger partial charge in [0, 0.05) is 32.2 Å². The van der Waals surface area contributed by atoms with Crippen LogP contribution in [0, 0.1) is 11.3 Å². The third-order valence-corrected chi connectivity index (χ3v) is 8.58. The van der Waals surface area contributed by atoms with Crippen molar-refractivity contribution < 1.29 is 13.2 Å². The number of sulfonamides is 1. The summed E-state index contributed by atoms with van der Waals surface area (Å²) in [4.78, 5) is 17.2. The summed E-state index contributed by atoms with van der Waals surface area (Å²) in [6.07, 6.45) is 4.32. The van der Waals surface area contributed by atoms with Gasteiger partial charge >= 0.3 is 0 Å². The lowest BCUT2D eigenvalue weighted by molar-refractivity contribution is -0.134. The van der Waals surface area contributed by atoms with Crippen LogP contribution in [-0.2, 0) is 21.2 Å². The van der Waals surface area contributed by atoms with E-state index in [1.54, 1.807) is 17.0 Å². The van der Waals surface area contributed by atoms with Crippen molar-refractivity contribution in [3.63, 3.8) is 0 Å². The van der Waals surface area contributed by atoms with Gasteiger partial charge in [0.25, 0.3) is 0 Å². The van der Waals surface area contributed by atoms with E-state index in [0.717, 1.165) is 25.8 Å². The van der Waals surface area contributed by atoms with Crippen molar-refractivity contribution in [1.29, 1.82) is 5.26 Å². The van der Waals surface area contributed by atoms with Crippen LogP contribution >= 0.6 is 0 Å². The summed E-state index contributed by atoms with van der Waals surface area (Å²) in [5.41, 5.74) is 1.43. The molecule has 2 heterocycles. The number of benzene rings is 2. The zero-order valence-electron chi connectivity index (χ0n) is 18.8. The molecule has 2 aromatic carbocycles. The van der Waals surface area contributed by atoms with E-state index in [9.17, 15) is 18.5 Å². The van der Waals surface area contributed by atoms with Crippen molar-refractivity contribution in [2.24, 2.45) is 0 Å². The summed E-state index contributed by atoms with van der Waals surface area (Å²) in [5, 5.41) is 9.27. The first-order valence-electron chi connectivity index (χ1n) is 11.5. The molecule has 0 saturated carbocycles. The van der Waals surface area contributed by atoms with E-state index in [2.05, 4.69) is 29.2 Å². The molecule has 8 heteroatoms. The number of nitrogens with zero attached hydrogens (tertiary/aromatic N) is 4. The van der Waals surface area contributed by atoms with E-state index in [-0.39, 0.29) is 29.5 Å². The van der Waals surface area contributed by atoms with Crippen molar-refractivity contribution in [2.45, 2.75) is 36.6 Å². The molecule has 0 bridgehead atoms. The highest BCUT2D eigenvalue weighted by molar-refractivity contribution is 7.89. The molecule has 1 amide bonds. The van der Waals surface area contributed by atoms with E-state index in [1.165, 1.54) is 28.4 Å². The minimum Gasteiger partial charge on any atom is -0.339 e. The molecule has 0 radical (unpaired) electrons. The number of piperazine rings is 1. The summed E-state index contributed by atoms with van der Waals surface area (Å²) < 4.78 is 27.5. The minimum atomic E-state index is -3.76. The fraction of sp³-hybridized carbons (Fsp3) is 0.440. The molecule has 0 N–H and O–H groups in total. The van der Waals surface area contributed by atoms with E-state index in [4.69, 9.17) is 0 Å². The number of hydrogen-bond donors (Lipinski definition) is 0. The van der Waals surface area contributed by atoms with Gasteiger partial charge in [-0.05, 0) is 43.5 Å². The van der Waals surface area contributed by atoms with Gasteiger partial charge in [0.2, 0.25) is 15.9 Å². The van der Waals surface area contributed by atoms with Crippen LogP contribution in [0.4, 0.5) is 0 Å². The molecule has 0 aliphatic carbocycles. The second kappa shape index (κ2) is 10.5. The topological polar surface area (TPSA) is 84.7 Å². The maximum Gasteiger partial charge on any atom is 0.244 e. The molecule has 2 fully saturated rings. The molecule has 2 aliphatic heterocycles. The summed E-state index contributed by atoms with van der Waals surface area (Å²) in [5.74, 6) is 0.0597. The third kappa shape index (κ3) is 5.44. The van der Waals surface area contributed by atoms with Gasteiger partial charge in [-0.1, -0.05) is 48.9 Å². The van der Waals surface area contributed by atoms with Crippen molar-refractivity contribution in [3.05, 3.63) is 65.7 Å². The lowest BCUT2D eigenvalue weighted by atomic mass is 9.95. The first-order valence-corrected chi connectivity index (χ1v) is 13.0. The lowest BCUT2D eigenvalue weighted by Gasteiger charge is -2.38. The van der Waals surface area contributed by atoms with Crippen LogP contribution < -0.4 is 0 Å². The summed E-state index contributed by atoms with van der Waals surface area (Å²) in [6, 6.07) is 19.0. The molecule has 0 aromatic heterocycles. The van der Waals surface area contributed by atoms with E-state index < -0.39 is 10.0 Å². The molecule has 174 valence electrons. The second-order valence-electron chi connectivity index (χ2n) is 8.70. The highest BCUT2D eigenvalue weighted by Gasteiger charge is 2.33. The fourth-order valence-corrected chi connectivity index (χ4v) is 6.32. The van der Waals surface area contributed by atoms with Gasteiger partial charge in [0.15, 0.2) is 0 Å². The highest BCUT2D eigenvalue weighted by Crippen LogP contribution is 2.23. The van der Waals surface area contributed by atoms with Crippen LogP contribution in [0.5, 0.6) is 0 Å². The smallest absolute Gasteiger partial charge is 0.244 e. The Kier molecular flexibility index (Phi) is 7.43. The minimum absolute atomic E-state index is 0.0318. The average molecular weight is 467 g/mol. The molecular formula is C25H30N4O3S. The van der Waals surface area contributed by atoms with Gasteiger partial charge in [-0.2, -0.15) is 9.57 Å². The summed E-state index contributed by atoms with van der Waals surface area (Å²) in [6.45, 7) is 2.50. The van der Waals surface area contributed by atoms with Gasteiger partial charge < -0.3 is 4.90 Å². The Hall–Kier alpha value is -2.73. The van der Waals surface area contributed by atoms with Gasteiger partial charge in [-0.15, -0.1) is 0 Å². The molecule has 2 aromatic rings. The van der Waals surface area contributed by atoms with Gasteiger partial charge in [0.05, 0.1) is 17.0 Å². The molecule has 2 aliphatic rings. The van der Waals surface area contributed by atoms with Gasteiger partial charge in [0.1, 0.15) is 6.07 Å². The lowest BCUT2D eigenvalue weighted by Crippen LogP contribution is -2.54. The van der Waals surface area contributed by atoms with Crippen molar-refractivity contribution in [2.75, 3.05) is 39.3 Å². The third-order valence-electron chi connectivity index (χ3n) is 6.62. The second-order valence-corrected chi connectivity index (χ2v) is 10.6. The first-order chi connectivity index (χ1) is 16.0. The summed E-state index contributed by atoms with van der Waals surface area (Å²) in [7, 11) is -3.76. The Bertz CT molecular complexity index is 1110. The predicted octanol–water partition coefficient (Wildman–Crippen LogP) is 2.49. The average Bonchev–Trinajstić information content (AvgIpc) is 2.86. The maximum absolute atomic E-state index is 13.1. The first kappa shape index (κ1) is 23.4. The van der Waals surface area contributed by atoms with E-state index in [0.29, 0.717) is 25.7 Å². The molecule has 1 atom stereocenters. The zero-order chi connectivity index (χ0) is 23.3. The number of nitriles is 1. The van der Waals surface area contributed by atoms with Gasteiger partial charge in [-0.3, -0.25) is 9.69 Å². The molecule has 0 spiro atoms. The Morgan fingerprint density at radius 1 is 0.939 bits per heavy atom. The molecule has 4 rings (SSSR count). The molecule has 33 heavy (non-hydrogen) atoms. The predicted molar refractivity (Wildman–Crippen MR) is 126 cm³/mol. The Balaban J connectivity index is 1.35. The molecule has 2 saturated heterocycles. The van der Waals surface area contributed by atoms with Gasteiger partial charge in [-0.25, -0.2) is 8.42 Å².